The molecule has 1 rings (SSSR count). The van der Waals surface area contributed by atoms with Gasteiger partial charge in [0, 0.05) is 11.6 Å². The van der Waals surface area contributed by atoms with Gasteiger partial charge in [-0.3, -0.25) is 9.69 Å². The number of hydrogen-bond donors (Lipinski definition) is 0. The van der Waals surface area contributed by atoms with Crippen molar-refractivity contribution in [3.8, 4) is 5.75 Å². The van der Waals surface area contributed by atoms with Crippen molar-refractivity contribution in [3.05, 3.63) is 29.8 Å². The number of rotatable bonds is 7. The van der Waals surface area contributed by atoms with E-state index in [2.05, 4.69) is 18.7 Å². The molecule has 3 nitrogen and oxygen atoms in total. The van der Waals surface area contributed by atoms with Crippen molar-refractivity contribution >= 4 is 5.78 Å². The Balaban J connectivity index is 2.58. The van der Waals surface area contributed by atoms with Crippen molar-refractivity contribution in [2.75, 3.05) is 20.7 Å². The van der Waals surface area contributed by atoms with Crippen molar-refractivity contribution in [2.24, 2.45) is 0 Å². The number of nitrogens with zero attached hydrogens (tertiary/aromatic N) is 1. The Morgan fingerprint density at radius 1 is 1.33 bits per heavy atom. The molecule has 0 aliphatic rings. The molecule has 1 aromatic carbocycles. The highest BCUT2D eigenvalue weighted by molar-refractivity contribution is 5.97. The van der Waals surface area contributed by atoms with E-state index in [1.54, 1.807) is 7.11 Å². The van der Waals surface area contributed by atoms with Gasteiger partial charge in [0.15, 0.2) is 5.78 Å². The molecule has 0 saturated carbocycles. The molecule has 0 radical (unpaired) electrons. The highest BCUT2D eigenvalue weighted by atomic mass is 16.5. The van der Waals surface area contributed by atoms with Crippen molar-refractivity contribution in [2.45, 2.75) is 32.7 Å². The van der Waals surface area contributed by atoms with Gasteiger partial charge < -0.3 is 4.74 Å². The Labute approximate surface area is 110 Å². The lowest BCUT2D eigenvalue weighted by Gasteiger charge is -2.23. The van der Waals surface area contributed by atoms with Crippen molar-refractivity contribution in [3.63, 3.8) is 0 Å². The summed E-state index contributed by atoms with van der Waals surface area (Å²) in [5.74, 6) is 0.933. The lowest BCUT2D eigenvalue weighted by atomic mass is 10.1. The minimum Gasteiger partial charge on any atom is -0.497 e. The molecule has 0 saturated heterocycles. The van der Waals surface area contributed by atoms with E-state index in [-0.39, 0.29) is 5.78 Å². The average molecular weight is 249 g/mol. The summed E-state index contributed by atoms with van der Waals surface area (Å²) in [6, 6.07) is 7.72. The molecule has 0 N–H and O–H groups in total. The molecule has 1 unspecified atom stereocenters. The van der Waals surface area contributed by atoms with E-state index < -0.39 is 0 Å². The number of ketones is 1. The van der Waals surface area contributed by atoms with Gasteiger partial charge >= 0.3 is 0 Å². The third kappa shape index (κ3) is 4.15. The molecular formula is C15H23NO2. The topological polar surface area (TPSA) is 29.5 Å². The Morgan fingerprint density at radius 3 is 2.44 bits per heavy atom. The maximum Gasteiger partial charge on any atom is 0.176 e. The highest BCUT2D eigenvalue weighted by Gasteiger charge is 2.13. The van der Waals surface area contributed by atoms with E-state index in [4.69, 9.17) is 4.74 Å². The first-order valence-electron chi connectivity index (χ1n) is 6.46. The average Bonchev–Trinajstić information content (AvgIpc) is 2.39. The summed E-state index contributed by atoms with van der Waals surface area (Å²) in [7, 11) is 3.62. The molecule has 0 aliphatic carbocycles. The van der Waals surface area contributed by atoms with Gasteiger partial charge in [-0.05, 0) is 44.7 Å². The summed E-state index contributed by atoms with van der Waals surface area (Å²) in [6.45, 7) is 4.79. The maximum absolute atomic E-state index is 12.1. The number of ether oxygens (including phenoxy) is 1. The zero-order chi connectivity index (χ0) is 13.5. The zero-order valence-corrected chi connectivity index (χ0v) is 11.8. The van der Waals surface area contributed by atoms with Crippen LogP contribution in [0.1, 0.15) is 37.0 Å². The quantitative estimate of drug-likeness (QED) is 0.696. The molecule has 0 heterocycles. The number of likely N-dealkylation sites (N-methyl/N-ethyl adjacent to an activating group) is 1. The summed E-state index contributed by atoms with van der Waals surface area (Å²) >= 11 is 0. The summed E-state index contributed by atoms with van der Waals surface area (Å²) in [5, 5.41) is 0. The predicted molar refractivity (Wildman–Crippen MR) is 74.3 cm³/mol. The number of methoxy groups -OCH3 is 1. The van der Waals surface area contributed by atoms with Crippen LogP contribution in [-0.2, 0) is 0 Å². The molecule has 0 fully saturated rings. The number of hydrogen-bond acceptors (Lipinski definition) is 3. The Kier molecular flexibility index (Phi) is 5.86. The van der Waals surface area contributed by atoms with Gasteiger partial charge in [0.25, 0.3) is 0 Å². The molecule has 18 heavy (non-hydrogen) atoms. The van der Waals surface area contributed by atoms with Crippen molar-refractivity contribution in [1.82, 2.24) is 4.90 Å². The number of carbonyl (C=O) groups excluding carboxylic acids is 1. The number of carbonyl (C=O) groups is 1. The summed E-state index contributed by atoms with van der Waals surface area (Å²) in [4.78, 5) is 14.2. The third-order valence-electron chi connectivity index (χ3n) is 3.26. The van der Waals surface area contributed by atoms with E-state index >= 15 is 0 Å². The second kappa shape index (κ2) is 7.17. The van der Waals surface area contributed by atoms with Gasteiger partial charge in [-0.25, -0.2) is 0 Å². The van der Waals surface area contributed by atoms with Crippen LogP contribution in [0.25, 0.3) is 0 Å². The lowest BCUT2D eigenvalue weighted by Crippen LogP contribution is -2.33. The maximum atomic E-state index is 12.1. The van der Waals surface area contributed by atoms with Crippen molar-refractivity contribution < 1.29 is 9.53 Å². The Bertz CT molecular complexity index is 373. The van der Waals surface area contributed by atoms with Gasteiger partial charge in [0.1, 0.15) is 5.75 Å². The smallest absolute Gasteiger partial charge is 0.176 e. The molecular weight excluding hydrogens is 226 g/mol. The van der Waals surface area contributed by atoms with Crippen molar-refractivity contribution in [1.29, 1.82) is 0 Å². The van der Waals surface area contributed by atoms with Crippen LogP contribution in [0.5, 0.6) is 5.75 Å². The van der Waals surface area contributed by atoms with Crippen LogP contribution in [0, 0.1) is 0 Å². The van der Waals surface area contributed by atoms with E-state index in [9.17, 15) is 4.79 Å². The highest BCUT2D eigenvalue weighted by Crippen LogP contribution is 2.13. The fraction of sp³-hybridized carbons (Fsp3) is 0.533. The molecule has 0 bridgehead atoms. The number of Topliss-reactive ketones (excluding diaryl/α,β-unsaturated/α-hetero) is 1. The second-order valence-electron chi connectivity index (χ2n) is 4.70. The standard InChI is InChI=1S/C15H23NO2/c1-5-6-12(2)16(3)11-15(17)13-7-9-14(18-4)10-8-13/h7-10,12H,5-6,11H2,1-4H3. The molecule has 1 atom stereocenters. The van der Waals surface area contributed by atoms with E-state index in [1.807, 2.05) is 31.3 Å². The second-order valence-corrected chi connectivity index (χ2v) is 4.70. The van der Waals surface area contributed by atoms with Gasteiger partial charge in [-0.15, -0.1) is 0 Å². The Hall–Kier alpha value is -1.35. The monoisotopic (exact) mass is 249 g/mol. The van der Waals surface area contributed by atoms with E-state index in [1.165, 1.54) is 0 Å². The van der Waals surface area contributed by atoms with Crippen LogP contribution >= 0.6 is 0 Å². The van der Waals surface area contributed by atoms with E-state index in [0.717, 1.165) is 24.2 Å². The van der Waals surface area contributed by atoms with Crippen LogP contribution in [0.4, 0.5) is 0 Å². The van der Waals surface area contributed by atoms with Gasteiger partial charge in [-0.2, -0.15) is 0 Å². The lowest BCUT2D eigenvalue weighted by molar-refractivity contribution is 0.0921. The molecule has 0 amide bonds. The summed E-state index contributed by atoms with van der Waals surface area (Å²) in [5.41, 5.74) is 0.742. The molecule has 0 spiro atoms. The SMILES string of the molecule is CCCC(C)N(C)CC(=O)c1ccc(OC)cc1. The van der Waals surface area contributed by atoms with Crippen LogP contribution < -0.4 is 4.74 Å². The summed E-state index contributed by atoms with van der Waals surface area (Å²) < 4.78 is 5.08. The van der Waals surface area contributed by atoms with Crippen LogP contribution in [-0.4, -0.2) is 37.4 Å². The molecule has 0 aromatic heterocycles. The third-order valence-corrected chi connectivity index (χ3v) is 3.26. The minimum atomic E-state index is 0.156. The molecule has 100 valence electrons. The van der Waals surface area contributed by atoms with Crippen LogP contribution in [0.2, 0.25) is 0 Å². The number of benzene rings is 1. The predicted octanol–water partition coefficient (Wildman–Crippen LogP) is 3.00. The Morgan fingerprint density at radius 2 is 1.94 bits per heavy atom. The summed E-state index contributed by atoms with van der Waals surface area (Å²) in [6.07, 6.45) is 2.26. The minimum absolute atomic E-state index is 0.156. The fourth-order valence-corrected chi connectivity index (χ4v) is 1.89. The first kappa shape index (κ1) is 14.7. The first-order valence-corrected chi connectivity index (χ1v) is 6.46. The first-order chi connectivity index (χ1) is 8.58. The molecule has 0 aliphatic heterocycles. The van der Waals surface area contributed by atoms with Crippen LogP contribution in [0.3, 0.4) is 0 Å². The fourth-order valence-electron chi connectivity index (χ4n) is 1.89. The van der Waals surface area contributed by atoms with Gasteiger partial charge in [0.05, 0.1) is 13.7 Å². The van der Waals surface area contributed by atoms with Gasteiger partial charge in [-0.1, -0.05) is 13.3 Å². The molecule has 1 aromatic rings. The van der Waals surface area contributed by atoms with Gasteiger partial charge in [0.2, 0.25) is 0 Å². The zero-order valence-electron chi connectivity index (χ0n) is 11.8. The van der Waals surface area contributed by atoms with E-state index in [0.29, 0.717) is 12.6 Å². The normalized spacial score (nSPS) is 12.5. The van der Waals surface area contributed by atoms with Crippen LogP contribution in [0.15, 0.2) is 24.3 Å². The largest absolute Gasteiger partial charge is 0.497 e. The molecule has 3 heteroatoms.